The van der Waals surface area contributed by atoms with Gasteiger partial charge in [-0.1, -0.05) is 13.8 Å². The summed E-state index contributed by atoms with van der Waals surface area (Å²) in [7, 11) is 3.02. The number of fused-ring (bicyclic) bond motifs is 2. The van der Waals surface area contributed by atoms with Crippen molar-refractivity contribution in [3.8, 4) is 0 Å². The van der Waals surface area contributed by atoms with Crippen LogP contribution in [0.4, 0.5) is 0 Å². The van der Waals surface area contributed by atoms with Gasteiger partial charge in [0.05, 0.1) is 6.33 Å². The topological polar surface area (TPSA) is 176 Å². The summed E-state index contributed by atoms with van der Waals surface area (Å²) in [6, 6.07) is 0. The van der Waals surface area contributed by atoms with Crippen LogP contribution in [0, 0.1) is 5.92 Å². The van der Waals surface area contributed by atoms with Crippen molar-refractivity contribution < 1.29 is 4.74 Å². The molecule has 0 saturated heterocycles. The molecule has 0 aliphatic rings. The van der Waals surface area contributed by atoms with Crippen LogP contribution in [0.25, 0.3) is 22.3 Å². The number of nitrogens with zero attached hydrogens (tertiary/aromatic N) is 4. The van der Waals surface area contributed by atoms with Gasteiger partial charge in [-0.3, -0.25) is 28.7 Å². The Hall–Kier alpha value is -3.74. The van der Waals surface area contributed by atoms with E-state index in [1.54, 1.807) is 7.11 Å². The van der Waals surface area contributed by atoms with E-state index in [1.807, 2.05) is 13.8 Å². The second-order valence-electron chi connectivity index (χ2n) is 7.00. The van der Waals surface area contributed by atoms with E-state index in [9.17, 15) is 19.2 Å². The molecule has 0 aliphatic heterocycles. The summed E-state index contributed by atoms with van der Waals surface area (Å²) in [5, 5.41) is 0. The summed E-state index contributed by atoms with van der Waals surface area (Å²) in [5.41, 5.74) is -0.417. The third kappa shape index (κ3) is 4.00. The van der Waals surface area contributed by atoms with Gasteiger partial charge >= 0.3 is 11.4 Å². The van der Waals surface area contributed by atoms with Crippen molar-refractivity contribution in [2.24, 2.45) is 13.0 Å². The molecular formula is C17H22N8O5. The number of hydrogen-bond donors (Lipinski definition) is 4. The number of hydrogen-bond acceptors (Lipinski definition) is 7. The van der Waals surface area contributed by atoms with Crippen molar-refractivity contribution in [3.63, 3.8) is 0 Å². The van der Waals surface area contributed by atoms with Crippen LogP contribution in [-0.4, -0.2) is 46.1 Å². The van der Waals surface area contributed by atoms with Crippen molar-refractivity contribution in [1.82, 2.24) is 39.0 Å². The fourth-order valence-electron chi connectivity index (χ4n) is 2.88. The summed E-state index contributed by atoms with van der Waals surface area (Å²) in [5.74, 6) is 0.818. The van der Waals surface area contributed by atoms with Crippen LogP contribution < -0.4 is 22.5 Å². The normalized spacial score (nSPS) is 11.2. The second kappa shape index (κ2) is 8.32. The predicted molar refractivity (Wildman–Crippen MR) is 108 cm³/mol. The summed E-state index contributed by atoms with van der Waals surface area (Å²) < 4.78 is 7.61. The first kappa shape index (κ1) is 21.0. The van der Waals surface area contributed by atoms with E-state index in [0.29, 0.717) is 23.5 Å². The Morgan fingerprint density at radius 2 is 1.83 bits per heavy atom. The van der Waals surface area contributed by atoms with Crippen LogP contribution >= 0.6 is 0 Å². The molecule has 4 aromatic rings. The average molecular weight is 418 g/mol. The van der Waals surface area contributed by atoms with Gasteiger partial charge in [0.1, 0.15) is 23.5 Å². The molecule has 0 fully saturated rings. The van der Waals surface area contributed by atoms with Crippen LogP contribution in [-0.2, 0) is 24.9 Å². The fourth-order valence-corrected chi connectivity index (χ4v) is 2.88. The highest BCUT2D eigenvalue weighted by Crippen LogP contribution is 2.08. The molecule has 13 heteroatoms. The molecular weight excluding hydrogens is 396 g/mol. The third-order valence-corrected chi connectivity index (χ3v) is 4.18. The van der Waals surface area contributed by atoms with Crippen LogP contribution in [0.5, 0.6) is 0 Å². The van der Waals surface area contributed by atoms with E-state index >= 15 is 0 Å². The third-order valence-electron chi connectivity index (χ3n) is 4.18. The Bertz CT molecular complexity index is 1410. The molecule has 0 atom stereocenters. The van der Waals surface area contributed by atoms with Gasteiger partial charge in [-0.2, -0.15) is 0 Å². The summed E-state index contributed by atoms with van der Waals surface area (Å²) in [4.78, 5) is 63.7. The predicted octanol–water partition coefficient (Wildman–Crippen LogP) is -0.835. The quantitative estimate of drug-likeness (QED) is 0.334. The van der Waals surface area contributed by atoms with E-state index in [1.165, 1.54) is 17.9 Å². The van der Waals surface area contributed by atoms with E-state index < -0.39 is 11.2 Å². The number of H-pyrrole nitrogens is 4. The lowest BCUT2D eigenvalue weighted by molar-refractivity contribution is 0.179. The van der Waals surface area contributed by atoms with Crippen LogP contribution in [0.2, 0.25) is 0 Å². The summed E-state index contributed by atoms with van der Waals surface area (Å²) >= 11 is 0. The SMILES string of the molecule is COCc1nc2c([nH]1)c(=O)n(C)c(=O)n2CC(C)C.O=c1[nH]c(=O)c2[nH]cnc2[nH]1. The Labute approximate surface area is 167 Å². The monoisotopic (exact) mass is 418 g/mol. The highest BCUT2D eigenvalue weighted by atomic mass is 16.5. The van der Waals surface area contributed by atoms with E-state index in [0.717, 1.165) is 4.57 Å². The standard InChI is InChI=1S/C12H18N4O3.C5H4N4O2/c1-7(2)5-16-10-9(11(17)15(3)12(16)18)13-8(14-10)6-19-4;10-4-2-3(7-1-6-2)8-5(11)9-4/h7H,5-6H2,1-4H3,(H,13,14);1H,(H3,6,7,8,9,10,11). The van der Waals surface area contributed by atoms with Crippen molar-refractivity contribution in [2.45, 2.75) is 27.0 Å². The van der Waals surface area contributed by atoms with Gasteiger partial charge in [0.15, 0.2) is 11.3 Å². The molecule has 0 saturated carbocycles. The number of ether oxygens (including phenoxy) is 1. The lowest BCUT2D eigenvalue weighted by Gasteiger charge is -2.10. The Balaban J connectivity index is 0.000000196. The van der Waals surface area contributed by atoms with Crippen LogP contribution in [0.15, 0.2) is 25.5 Å². The first-order chi connectivity index (χ1) is 14.2. The summed E-state index contributed by atoms with van der Waals surface area (Å²) in [6.07, 6.45) is 1.34. The largest absolute Gasteiger partial charge is 0.377 e. The minimum absolute atomic E-state index is 0.272. The van der Waals surface area contributed by atoms with Gasteiger partial charge in [0.25, 0.3) is 11.1 Å². The zero-order valence-corrected chi connectivity index (χ0v) is 16.9. The van der Waals surface area contributed by atoms with Crippen molar-refractivity contribution >= 4 is 22.3 Å². The van der Waals surface area contributed by atoms with E-state index in [4.69, 9.17) is 4.74 Å². The zero-order chi connectivity index (χ0) is 22.0. The number of rotatable bonds is 4. The lowest BCUT2D eigenvalue weighted by atomic mass is 10.2. The number of nitrogens with one attached hydrogen (secondary N) is 4. The Kier molecular flexibility index (Phi) is 5.82. The van der Waals surface area contributed by atoms with Crippen LogP contribution in [0.3, 0.4) is 0 Å². The number of imidazole rings is 2. The second-order valence-corrected chi connectivity index (χ2v) is 7.00. The number of aromatic nitrogens is 8. The average Bonchev–Trinajstić information content (AvgIpc) is 3.31. The van der Waals surface area contributed by atoms with Gasteiger partial charge in [0.2, 0.25) is 0 Å². The molecule has 4 heterocycles. The van der Waals surface area contributed by atoms with Gasteiger partial charge < -0.3 is 14.7 Å². The smallest absolute Gasteiger partial charge is 0.332 e. The summed E-state index contributed by atoms with van der Waals surface area (Å²) in [6.45, 7) is 4.80. The molecule has 13 nitrogen and oxygen atoms in total. The number of aromatic amines is 4. The molecule has 0 unspecified atom stereocenters. The molecule has 0 bridgehead atoms. The minimum atomic E-state index is -0.547. The molecule has 0 aliphatic carbocycles. The van der Waals surface area contributed by atoms with Gasteiger partial charge in [-0.25, -0.2) is 19.6 Å². The van der Waals surface area contributed by atoms with E-state index in [2.05, 4.69) is 29.9 Å². The fraction of sp³-hybridized carbons (Fsp3) is 0.412. The highest BCUT2D eigenvalue weighted by molar-refractivity contribution is 5.69. The molecule has 30 heavy (non-hydrogen) atoms. The van der Waals surface area contributed by atoms with Crippen LogP contribution in [0.1, 0.15) is 19.7 Å². The van der Waals surface area contributed by atoms with Crippen molar-refractivity contribution in [3.05, 3.63) is 53.8 Å². The number of methoxy groups -OCH3 is 1. The first-order valence-electron chi connectivity index (χ1n) is 9.06. The van der Waals surface area contributed by atoms with Gasteiger partial charge in [-0.15, -0.1) is 0 Å². The maximum Gasteiger partial charge on any atom is 0.332 e. The van der Waals surface area contributed by atoms with Gasteiger partial charge in [0, 0.05) is 20.7 Å². The molecule has 4 N–H and O–H groups in total. The minimum Gasteiger partial charge on any atom is -0.377 e. The van der Waals surface area contributed by atoms with E-state index in [-0.39, 0.29) is 34.9 Å². The molecule has 160 valence electrons. The highest BCUT2D eigenvalue weighted by Gasteiger charge is 2.16. The Morgan fingerprint density at radius 3 is 2.50 bits per heavy atom. The molecule has 0 radical (unpaired) electrons. The lowest BCUT2D eigenvalue weighted by Crippen LogP contribution is -2.38. The zero-order valence-electron chi connectivity index (χ0n) is 16.9. The molecule has 0 aromatic carbocycles. The van der Waals surface area contributed by atoms with Crippen molar-refractivity contribution in [2.75, 3.05) is 7.11 Å². The molecule has 0 amide bonds. The van der Waals surface area contributed by atoms with Crippen molar-refractivity contribution in [1.29, 1.82) is 0 Å². The maximum atomic E-state index is 12.1. The first-order valence-corrected chi connectivity index (χ1v) is 9.06. The molecule has 4 aromatic heterocycles. The maximum absolute atomic E-state index is 12.1. The Morgan fingerprint density at radius 1 is 1.10 bits per heavy atom. The molecule has 0 spiro atoms. The molecule has 4 rings (SSSR count). The van der Waals surface area contributed by atoms with Gasteiger partial charge in [-0.05, 0) is 5.92 Å².